The molecule has 2 rings (SSSR count). The molecular weight excluding hydrogens is 313 g/mol. The van der Waals surface area contributed by atoms with Gasteiger partial charge in [0.1, 0.15) is 11.6 Å². The molecular formula is C18H26FNO2S. The minimum atomic E-state index is -0.277. The van der Waals surface area contributed by atoms with Gasteiger partial charge in [0.2, 0.25) is 5.91 Å². The number of hydrogen-bond donors (Lipinski definition) is 1. The van der Waals surface area contributed by atoms with Crippen LogP contribution in [0, 0.1) is 5.82 Å². The van der Waals surface area contributed by atoms with E-state index in [1.807, 2.05) is 0 Å². The van der Waals surface area contributed by atoms with Crippen LogP contribution in [0.1, 0.15) is 50.5 Å². The molecule has 1 aliphatic rings. The zero-order chi connectivity index (χ0) is 16.5. The van der Waals surface area contributed by atoms with Gasteiger partial charge in [-0.25, -0.2) is 4.39 Å². The number of rotatable bonds is 6. The lowest BCUT2D eigenvalue weighted by molar-refractivity contribution is -0.119. The van der Waals surface area contributed by atoms with E-state index in [9.17, 15) is 9.18 Å². The fraction of sp³-hybridized carbons (Fsp3) is 0.611. The third-order valence-corrected chi connectivity index (χ3v) is 5.18. The number of carbonyl (C=O) groups is 1. The van der Waals surface area contributed by atoms with E-state index < -0.39 is 0 Å². The summed E-state index contributed by atoms with van der Waals surface area (Å²) >= 11 is 1.49. The fourth-order valence-corrected chi connectivity index (χ4v) is 3.80. The highest BCUT2D eigenvalue weighted by molar-refractivity contribution is 7.99. The molecule has 3 nitrogen and oxygen atoms in total. The third-order valence-electron chi connectivity index (χ3n) is 4.20. The maximum atomic E-state index is 13.3. The Morgan fingerprint density at radius 1 is 1.26 bits per heavy atom. The molecule has 0 bridgehead atoms. The first-order valence-corrected chi connectivity index (χ1v) is 9.54. The Morgan fingerprint density at radius 2 is 1.96 bits per heavy atom. The molecule has 0 radical (unpaired) electrons. The van der Waals surface area contributed by atoms with E-state index in [0.717, 1.165) is 18.4 Å². The average Bonchev–Trinajstić information content (AvgIpc) is 2.50. The minimum absolute atomic E-state index is 0.0796. The van der Waals surface area contributed by atoms with Gasteiger partial charge in [-0.3, -0.25) is 4.79 Å². The van der Waals surface area contributed by atoms with Gasteiger partial charge in [-0.1, -0.05) is 32.1 Å². The van der Waals surface area contributed by atoms with Gasteiger partial charge in [0.25, 0.3) is 0 Å². The molecule has 1 aromatic carbocycles. The summed E-state index contributed by atoms with van der Waals surface area (Å²) in [5, 5.41) is 3.15. The highest BCUT2D eigenvalue weighted by Gasteiger charge is 2.14. The molecule has 5 heteroatoms. The van der Waals surface area contributed by atoms with Gasteiger partial charge in [-0.2, -0.15) is 0 Å². The van der Waals surface area contributed by atoms with Crippen LogP contribution in [-0.4, -0.2) is 24.8 Å². The van der Waals surface area contributed by atoms with Crippen LogP contribution >= 0.6 is 11.8 Å². The van der Waals surface area contributed by atoms with Gasteiger partial charge >= 0.3 is 0 Å². The molecule has 1 N–H and O–H groups in total. The topological polar surface area (TPSA) is 38.3 Å². The van der Waals surface area contributed by atoms with Crippen molar-refractivity contribution in [1.29, 1.82) is 0 Å². The Kier molecular flexibility index (Phi) is 7.72. The van der Waals surface area contributed by atoms with E-state index in [2.05, 4.69) is 5.32 Å². The van der Waals surface area contributed by atoms with Crippen molar-refractivity contribution < 1.29 is 13.9 Å². The zero-order valence-electron chi connectivity index (χ0n) is 13.8. The summed E-state index contributed by atoms with van der Waals surface area (Å²) < 4.78 is 18.5. The van der Waals surface area contributed by atoms with Gasteiger partial charge in [0.05, 0.1) is 12.9 Å². The lowest BCUT2D eigenvalue weighted by Crippen LogP contribution is -2.36. The quantitative estimate of drug-likeness (QED) is 0.840. The maximum absolute atomic E-state index is 13.3. The third kappa shape index (κ3) is 6.42. The largest absolute Gasteiger partial charge is 0.496 e. The van der Waals surface area contributed by atoms with Crippen molar-refractivity contribution in [1.82, 2.24) is 5.32 Å². The van der Waals surface area contributed by atoms with Crippen LogP contribution in [0.3, 0.4) is 0 Å². The number of carbonyl (C=O) groups excluding carboxylic acids is 1. The Hall–Kier alpha value is -1.23. The Bertz CT molecular complexity index is 502. The standard InChI is InChI=1S/C18H26FNO2S/c1-22-17-10-9-15(19)11-14(17)12-23-13-18(21)20-16-7-5-3-2-4-6-8-16/h9-11,16H,2-8,12-13H2,1H3,(H,20,21). The molecule has 0 spiro atoms. The second-order valence-corrected chi connectivity index (χ2v) is 7.04. The maximum Gasteiger partial charge on any atom is 0.230 e. The van der Waals surface area contributed by atoms with Crippen LogP contribution in [0.25, 0.3) is 0 Å². The Morgan fingerprint density at radius 3 is 2.65 bits per heavy atom. The normalized spacial score (nSPS) is 16.4. The molecule has 0 heterocycles. The van der Waals surface area contributed by atoms with E-state index in [0.29, 0.717) is 23.3 Å². The van der Waals surface area contributed by atoms with E-state index in [4.69, 9.17) is 4.74 Å². The minimum Gasteiger partial charge on any atom is -0.496 e. The average molecular weight is 339 g/mol. The summed E-state index contributed by atoms with van der Waals surface area (Å²) in [4.78, 5) is 12.1. The van der Waals surface area contributed by atoms with Crippen LogP contribution in [0.2, 0.25) is 0 Å². The first-order chi connectivity index (χ1) is 11.2. The summed E-state index contributed by atoms with van der Waals surface area (Å²) in [6.45, 7) is 0. The van der Waals surface area contributed by atoms with Crippen LogP contribution in [-0.2, 0) is 10.5 Å². The molecule has 1 saturated carbocycles. The number of benzene rings is 1. The molecule has 0 aromatic heterocycles. The molecule has 1 fully saturated rings. The predicted molar refractivity (Wildman–Crippen MR) is 93.4 cm³/mol. The number of amides is 1. The first-order valence-electron chi connectivity index (χ1n) is 8.38. The molecule has 0 atom stereocenters. The van der Waals surface area contributed by atoms with Crippen molar-refractivity contribution in [3.05, 3.63) is 29.6 Å². The Labute approximate surface area is 142 Å². The van der Waals surface area contributed by atoms with Crippen LogP contribution in [0.5, 0.6) is 5.75 Å². The van der Waals surface area contributed by atoms with Crippen molar-refractivity contribution in [2.24, 2.45) is 0 Å². The summed E-state index contributed by atoms with van der Waals surface area (Å²) in [7, 11) is 1.57. The fourth-order valence-electron chi connectivity index (χ4n) is 2.98. The van der Waals surface area contributed by atoms with Crippen molar-refractivity contribution >= 4 is 17.7 Å². The molecule has 0 aliphatic heterocycles. The molecule has 1 aliphatic carbocycles. The van der Waals surface area contributed by atoms with E-state index in [-0.39, 0.29) is 11.7 Å². The molecule has 0 unspecified atom stereocenters. The van der Waals surface area contributed by atoms with Crippen LogP contribution in [0.15, 0.2) is 18.2 Å². The number of halogens is 1. The first kappa shape index (κ1) is 18.1. The lowest BCUT2D eigenvalue weighted by Gasteiger charge is -2.21. The van der Waals surface area contributed by atoms with E-state index in [1.165, 1.54) is 56.0 Å². The Balaban J connectivity index is 1.75. The summed E-state index contributed by atoms with van der Waals surface area (Å²) in [5.74, 6) is 1.44. The number of methoxy groups -OCH3 is 1. The summed E-state index contributed by atoms with van der Waals surface area (Å²) in [6.07, 6.45) is 8.48. The van der Waals surface area contributed by atoms with Crippen LogP contribution < -0.4 is 10.1 Å². The highest BCUT2D eigenvalue weighted by atomic mass is 32.2. The van der Waals surface area contributed by atoms with Crippen LogP contribution in [0.4, 0.5) is 4.39 Å². The SMILES string of the molecule is COc1ccc(F)cc1CSCC(=O)NC1CCCCCCC1. The predicted octanol–water partition coefficient (Wildman–Crippen LogP) is 4.30. The number of nitrogens with one attached hydrogen (secondary N) is 1. The second-order valence-electron chi connectivity index (χ2n) is 6.06. The van der Waals surface area contributed by atoms with Crippen molar-refractivity contribution in [2.75, 3.05) is 12.9 Å². The smallest absolute Gasteiger partial charge is 0.230 e. The van der Waals surface area contributed by atoms with E-state index in [1.54, 1.807) is 13.2 Å². The monoisotopic (exact) mass is 339 g/mol. The highest BCUT2D eigenvalue weighted by Crippen LogP contribution is 2.24. The van der Waals surface area contributed by atoms with Gasteiger partial charge < -0.3 is 10.1 Å². The lowest BCUT2D eigenvalue weighted by atomic mass is 9.97. The molecule has 1 aromatic rings. The van der Waals surface area contributed by atoms with Crippen molar-refractivity contribution in [3.8, 4) is 5.75 Å². The zero-order valence-corrected chi connectivity index (χ0v) is 14.6. The van der Waals surface area contributed by atoms with Gasteiger partial charge in [-0.15, -0.1) is 11.8 Å². The van der Waals surface area contributed by atoms with Crippen molar-refractivity contribution in [3.63, 3.8) is 0 Å². The molecule has 23 heavy (non-hydrogen) atoms. The molecule has 128 valence electrons. The number of hydrogen-bond acceptors (Lipinski definition) is 3. The number of thioether (sulfide) groups is 1. The summed E-state index contributed by atoms with van der Waals surface area (Å²) in [5.41, 5.74) is 0.788. The second kappa shape index (κ2) is 9.81. The summed E-state index contributed by atoms with van der Waals surface area (Å²) in [6, 6.07) is 4.80. The van der Waals surface area contributed by atoms with Gasteiger partial charge in [0.15, 0.2) is 0 Å². The van der Waals surface area contributed by atoms with Gasteiger partial charge in [-0.05, 0) is 31.0 Å². The molecule has 0 saturated heterocycles. The molecule has 1 amide bonds. The van der Waals surface area contributed by atoms with E-state index >= 15 is 0 Å². The van der Waals surface area contributed by atoms with Crippen molar-refractivity contribution in [2.45, 2.75) is 56.7 Å². The van der Waals surface area contributed by atoms with Gasteiger partial charge in [0, 0.05) is 17.4 Å². The number of ether oxygens (including phenoxy) is 1.